The lowest BCUT2D eigenvalue weighted by atomic mass is 10.1. The number of carbonyl (C=O) groups is 2. The van der Waals surface area contributed by atoms with Crippen LogP contribution < -0.4 is 16.0 Å². The Balaban J connectivity index is 3.19. The average molecular weight is 297 g/mol. The molecule has 0 heterocycles. The van der Waals surface area contributed by atoms with Crippen molar-refractivity contribution in [2.75, 3.05) is 25.5 Å². The lowest BCUT2D eigenvalue weighted by Crippen LogP contribution is -2.40. The lowest BCUT2D eigenvalue weighted by molar-refractivity contribution is -0.139. The Labute approximate surface area is 130 Å². The smallest absolute Gasteiger partial charge is 0.326 e. The predicted octanol–water partition coefficient (Wildman–Crippen LogP) is 1.06. The highest BCUT2D eigenvalue weighted by Crippen LogP contribution is 2.12. The Morgan fingerprint density at radius 3 is 2.43 bits per heavy atom. The van der Waals surface area contributed by atoms with Crippen molar-refractivity contribution in [1.82, 2.24) is 5.32 Å². The number of amides is 1. The fraction of sp³-hybridized carbons (Fsp3) is 0.467. The molecule has 6 nitrogen and oxygen atoms in total. The van der Waals surface area contributed by atoms with Crippen molar-refractivity contribution in [1.29, 1.82) is 0 Å². The number of hydrogen-bond donors (Lipinski definition) is 3. The summed E-state index contributed by atoms with van der Waals surface area (Å²) in [6, 6.07) is -2.91. The summed E-state index contributed by atoms with van der Waals surface area (Å²) < 4.78 is 31.9. The quantitative estimate of drug-likeness (QED) is 0.624. The third kappa shape index (κ3) is 5.43. The molecule has 0 saturated carbocycles. The molecular weight excluding hydrogens is 270 g/mol. The number of carboxylic acid groups (broad SMARTS) is 1. The van der Waals surface area contributed by atoms with Crippen molar-refractivity contribution in [2.24, 2.45) is 5.73 Å². The van der Waals surface area contributed by atoms with Gasteiger partial charge >= 0.3 is 5.97 Å². The van der Waals surface area contributed by atoms with Crippen molar-refractivity contribution in [3.63, 3.8) is 0 Å². The van der Waals surface area contributed by atoms with E-state index >= 15 is 0 Å². The first-order valence-electron chi connectivity index (χ1n) is 8.64. The van der Waals surface area contributed by atoms with Gasteiger partial charge in [0.15, 0.2) is 0 Å². The van der Waals surface area contributed by atoms with Gasteiger partial charge in [-0.2, -0.15) is 0 Å². The molecule has 0 saturated heterocycles. The molecule has 1 atom stereocenters. The van der Waals surface area contributed by atoms with E-state index in [1.807, 2.05) is 0 Å². The average Bonchev–Trinajstić information content (AvgIpc) is 2.52. The van der Waals surface area contributed by atoms with Crippen molar-refractivity contribution in [2.45, 2.75) is 25.3 Å². The van der Waals surface area contributed by atoms with Crippen LogP contribution in [0.15, 0.2) is 24.2 Å². The van der Waals surface area contributed by atoms with E-state index < -0.39 is 35.6 Å². The molecule has 1 aromatic rings. The van der Waals surface area contributed by atoms with Gasteiger partial charge < -0.3 is 21.1 Å². The van der Waals surface area contributed by atoms with Gasteiger partial charge in [-0.1, -0.05) is 0 Å². The molecule has 4 N–H and O–H groups in total. The van der Waals surface area contributed by atoms with Gasteiger partial charge in [-0.05, 0) is 50.0 Å². The van der Waals surface area contributed by atoms with Gasteiger partial charge in [0.25, 0.3) is 5.91 Å². The van der Waals surface area contributed by atoms with Crippen LogP contribution in [0.4, 0.5) is 5.69 Å². The molecular formula is C15H23N3O3. The van der Waals surface area contributed by atoms with Crippen LogP contribution in [0.5, 0.6) is 0 Å². The summed E-state index contributed by atoms with van der Waals surface area (Å²) in [6.45, 7) is 0.407. The molecule has 0 aliphatic rings. The maximum absolute atomic E-state index is 12.4. The SMILES string of the molecule is [2H]c1c([2H])c(N(C)C)c([2H])c([2H])c1C(=O)N[C@@H](CCCCN)C(=O)O. The van der Waals surface area contributed by atoms with Crippen LogP contribution >= 0.6 is 0 Å². The van der Waals surface area contributed by atoms with Crippen LogP contribution in [0.2, 0.25) is 0 Å². The monoisotopic (exact) mass is 297 g/mol. The van der Waals surface area contributed by atoms with Gasteiger partial charge in [0.05, 0.1) is 5.48 Å². The minimum atomic E-state index is -1.23. The van der Waals surface area contributed by atoms with Gasteiger partial charge in [-0.25, -0.2) is 4.79 Å². The minimum absolute atomic E-state index is 0.0595. The van der Waals surface area contributed by atoms with E-state index in [1.165, 1.54) is 4.90 Å². The van der Waals surface area contributed by atoms with E-state index in [1.54, 1.807) is 14.1 Å². The molecule has 1 amide bonds. The van der Waals surface area contributed by atoms with Crippen LogP contribution in [-0.2, 0) is 4.79 Å². The predicted molar refractivity (Wildman–Crippen MR) is 82.6 cm³/mol. The number of unbranched alkanes of at least 4 members (excludes halogenated alkanes) is 1. The molecule has 0 aromatic heterocycles. The molecule has 0 fully saturated rings. The zero-order valence-corrected chi connectivity index (χ0v) is 12.2. The highest BCUT2D eigenvalue weighted by Gasteiger charge is 2.20. The largest absolute Gasteiger partial charge is 0.480 e. The number of benzene rings is 1. The highest BCUT2D eigenvalue weighted by molar-refractivity contribution is 5.96. The second kappa shape index (κ2) is 8.26. The Hall–Kier alpha value is -2.08. The maximum atomic E-state index is 12.4. The number of carboxylic acids is 1. The normalized spacial score (nSPS) is 14.4. The number of carbonyl (C=O) groups excluding carboxylic acids is 1. The summed E-state index contributed by atoms with van der Waals surface area (Å²) in [5.41, 5.74) is 4.96. The van der Waals surface area contributed by atoms with E-state index in [0.29, 0.717) is 19.4 Å². The molecule has 0 unspecified atom stereocenters. The van der Waals surface area contributed by atoms with Gasteiger partial charge in [-0.15, -0.1) is 0 Å². The molecule has 0 bridgehead atoms. The number of nitrogens with one attached hydrogen (secondary N) is 1. The molecule has 0 aliphatic carbocycles. The molecule has 0 aliphatic heterocycles. The molecule has 6 heteroatoms. The van der Waals surface area contributed by atoms with Crippen LogP contribution in [0.3, 0.4) is 0 Å². The summed E-state index contributed by atoms with van der Waals surface area (Å²) in [6.07, 6.45) is 1.27. The Morgan fingerprint density at radius 1 is 1.33 bits per heavy atom. The number of anilines is 1. The zero-order valence-electron chi connectivity index (χ0n) is 16.2. The van der Waals surface area contributed by atoms with Crippen molar-refractivity contribution in [3.8, 4) is 0 Å². The standard InChI is InChI=1S/C15H23N3O3/c1-18(2)12-8-6-11(7-9-12)14(19)17-13(15(20)21)5-3-4-10-16/h6-9,13H,3-5,10,16H2,1-2H3,(H,17,19)(H,20,21)/t13-/m0/s1/i6D,7D,8D,9D. The van der Waals surface area contributed by atoms with E-state index in [-0.39, 0.29) is 24.2 Å². The second-order valence-corrected chi connectivity index (χ2v) is 4.77. The molecule has 0 radical (unpaired) electrons. The molecule has 1 rings (SSSR count). The first-order chi connectivity index (χ1) is 11.6. The Bertz CT molecular complexity index is 639. The highest BCUT2D eigenvalue weighted by atomic mass is 16.4. The summed E-state index contributed by atoms with van der Waals surface area (Å²) in [7, 11) is 3.14. The third-order valence-electron chi connectivity index (χ3n) is 2.84. The van der Waals surface area contributed by atoms with E-state index in [9.17, 15) is 14.7 Å². The van der Waals surface area contributed by atoms with Gasteiger partial charge in [0.1, 0.15) is 6.04 Å². The van der Waals surface area contributed by atoms with Gasteiger partial charge in [-0.3, -0.25) is 4.79 Å². The summed E-state index contributed by atoms with van der Waals surface area (Å²) >= 11 is 0. The molecule has 0 spiro atoms. The summed E-state index contributed by atoms with van der Waals surface area (Å²) in [4.78, 5) is 25.1. The van der Waals surface area contributed by atoms with Crippen molar-refractivity contribution in [3.05, 3.63) is 29.7 Å². The van der Waals surface area contributed by atoms with Crippen LogP contribution in [0.25, 0.3) is 0 Å². The first kappa shape index (κ1) is 11.6. The molecule has 1 aromatic carbocycles. The number of rotatable bonds is 8. The Kier molecular flexibility index (Phi) is 4.55. The van der Waals surface area contributed by atoms with Crippen LogP contribution in [0.1, 0.15) is 35.1 Å². The number of aliphatic carboxylic acids is 1. The van der Waals surface area contributed by atoms with Gasteiger partial charge in [0.2, 0.25) is 0 Å². The van der Waals surface area contributed by atoms with E-state index in [2.05, 4.69) is 5.32 Å². The number of nitrogens with two attached hydrogens (primary N) is 1. The van der Waals surface area contributed by atoms with Crippen molar-refractivity contribution < 1.29 is 20.2 Å². The van der Waals surface area contributed by atoms with Crippen molar-refractivity contribution >= 4 is 17.6 Å². The number of hydrogen-bond acceptors (Lipinski definition) is 4. The van der Waals surface area contributed by atoms with Gasteiger partial charge in [0, 0.05) is 25.3 Å². The minimum Gasteiger partial charge on any atom is -0.480 e. The Morgan fingerprint density at radius 2 is 1.95 bits per heavy atom. The lowest BCUT2D eigenvalue weighted by Gasteiger charge is -2.15. The summed E-state index contributed by atoms with van der Waals surface area (Å²) in [5.74, 6) is -2.17. The van der Waals surface area contributed by atoms with E-state index in [4.69, 9.17) is 11.2 Å². The van der Waals surface area contributed by atoms with E-state index in [0.717, 1.165) is 0 Å². The summed E-state index contributed by atoms with van der Waals surface area (Å²) in [5, 5.41) is 11.5. The fourth-order valence-corrected chi connectivity index (χ4v) is 1.62. The fourth-order valence-electron chi connectivity index (χ4n) is 1.62. The second-order valence-electron chi connectivity index (χ2n) is 4.77. The van der Waals surface area contributed by atoms with Crippen LogP contribution in [-0.4, -0.2) is 43.7 Å². The first-order valence-corrected chi connectivity index (χ1v) is 6.64. The molecule has 116 valence electrons. The number of nitrogens with zero attached hydrogens (tertiary/aromatic N) is 1. The van der Waals surface area contributed by atoms with Crippen LogP contribution in [0, 0.1) is 0 Å². The topological polar surface area (TPSA) is 95.7 Å². The third-order valence-corrected chi connectivity index (χ3v) is 2.84. The maximum Gasteiger partial charge on any atom is 0.326 e. The molecule has 21 heavy (non-hydrogen) atoms. The zero-order chi connectivity index (χ0) is 19.3.